The Hall–Kier alpha value is -3.15. The van der Waals surface area contributed by atoms with E-state index < -0.39 is 6.10 Å². The van der Waals surface area contributed by atoms with Gasteiger partial charge in [-0.05, 0) is 116 Å². The molecule has 0 saturated heterocycles. The summed E-state index contributed by atoms with van der Waals surface area (Å²) in [6.07, 6.45) is 71.6. The Morgan fingerprint density at radius 3 is 0.838 bits per heavy atom. The summed E-state index contributed by atoms with van der Waals surface area (Å²) in [5, 5.41) is 0. The third-order valence-electron chi connectivity index (χ3n) is 12.4. The van der Waals surface area contributed by atoms with Crippen molar-refractivity contribution in [3.05, 3.63) is 72.9 Å². The smallest absolute Gasteiger partial charge is 0.306 e. The van der Waals surface area contributed by atoms with E-state index in [-0.39, 0.29) is 31.1 Å². The second-order valence-corrected chi connectivity index (χ2v) is 19.2. The van der Waals surface area contributed by atoms with E-state index in [0.717, 1.165) is 103 Å². The molecule has 0 heterocycles. The molecular weight excluding hydrogens is 841 g/mol. The molecule has 0 saturated carbocycles. The maximum Gasteiger partial charge on any atom is 0.306 e. The van der Waals surface area contributed by atoms with Gasteiger partial charge in [0.25, 0.3) is 0 Å². The van der Waals surface area contributed by atoms with Crippen molar-refractivity contribution in [2.75, 3.05) is 13.2 Å². The Balaban J connectivity index is 4.43. The van der Waals surface area contributed by atoms with Crippen LogP contribution in [-0.2, 0) is 28.6 Å². The number of rotatable bonds is 52. The van der Waals surface area contributed by atoms with E-state index in [4.69, 9.17) is 14.2 Å². The van der Waals surface area contributed by atoms with E-state index >= 15 is 0 Å². The van der Waals surface area contributed by atoms with Crippen LogP contribution in [0.4, 0.5) is 0 Å². The van der Waals surface area contributed by atoms with Crippen LogP contribution < -0.4 is 0 Å². The van der Waals surface area contributed by atoms with Gasteiger partial charge in [-0.3, -0.25) is 14.4 Å². The van der Waals surface area contributed by atoms with Gasteiger partial charge in [-0.1, -0.05) is 222 Å². The molecule has 0 aromatic heterocycles. The molecule has 0 aliphatic heterocycles. The van der Waals surface area contributed by atoms with Gasteiger partial charge in [0.1, 0.15) is 13.2 Å². The monoisotopic (exact) mass is 949 g/mol. The first kappa shape index (κ1) is 64.8. The molecule has 0 bridgehead atoms. The first-order valence-electron chi connectivity index (χ1n) is 28.9. The molecule has 0 N–H and O–H groups in total. The van der Waals surface area contributed by atoms with E-state index in [2.05, 4.69) is 93.7 Å². The molecule has 0 aromatic rings. The van der Waals surface area contributed by atoms with E-state index in [9.17, 15) is 14.4 Å². The van der Waals surface area contributed by atoms with Crippen LogP contribution in [-0.4, -0.2) is 37.2 Å². The summed E-state index contributed by atoms with van der Waals surface area (Å²) in [6, 6.07) is 0. The molecule has 68 heavy (non-hydrogen) atoms. The topological polar surface area (TPSA) is 78.9 Å². The molecule has 392 valence electrons. The van der Waals surface area contributed by atoms with Crippen molar-refractivity contribution < 1.29 is 28.6 Å². The molecule has 0 radical (unpaired) electrons. The fraction of sp³-hybridized carbons (Fsp3) is 0.758. The van der Waals surface area contributed by atoms with Crippen LogP contribution in [0.1, 0.15) is 284 Å². The Bertz CT molecular complexity index is 1270. The highest BCUT2D eigenvalue weighted by Crippen LogP contribution is 2.15. The van der Waals surface area contributed by atoms with Crippen LogP contribution in [0.5, 0.6) is 0 Å². The number of ether oxygens (including phenoxy) is 3. The molecule has 6 nitrogen and oxygen atoms in total. The molecule has 0 fully saturated rings. The Kier molecular flexibility index (Phi) is 53.8. The summed E-state index contributed by atoms with van der Waals surface area (Å²) in [5.41, 5.74) is 0. The summed E-state index contributed by atoms with van der Waals surface area (Å²) < 4.78 is 16.9. The van der Waals surface area contributed by atoms with Crippen molar-refractivity contribution >= 4 is 17.9 Å². The van der Waals surface area contributed by atoms with Gasteiger partial charge in [-0.15, -0.1) is 0 Å². The number of hydrogen-bond donors (Lipinski definition) is 0. The van der Waals surface area contributed by atoms with E-state index in [0.29, 0.717) is 19.3 Å². The lowest BCUT2D eigenvalue weighted by Crippen LogP contribution is -2.30. The van der Waals surface area contributed by atoms with Crippen LogP contribution in [0.3, 0.4) is 0 Å². The van der Waals surface area contributed by atoms with Gasteiger partial charge in [0, 0.05) is 19.3 Å². The molecule has 1 atom stereocenters. The molecule has 0 aromatic carbocycles. The highest BCUT2D eigenvalue weighted by atomic mass is 16.6. The minimum atomic E-state index is -0.789. The van der Waals surface area contributed by atoms with Gasteiger partial charge >= 0.3 is 17.9 Å². The highest BCUT2D eigenvalue weighted by Gasteiger charge is 2.19. The fourth-order valence-electron chi connectivity index (χ4n) is 8.00. The minimum Gasteiger partial charge on any atom is -0.462 e. The normalized spacial score (nSPS) is 12.6. The maximum atomic E-state index is 12.9. The zero-order valence-electron chi connectivity index (χ0n) is 44.9. The molecule has 1 unspecified atom stereocenters. The Morgan fingerprint density at radius 1 is 0.294 bits per heavy atom. The largest absolute Gasteiger partial charge is 0.462 e. The SMILES string of the molecule is CCCCC/C=C\C/C=C\CCCCCCCCCC(=O)OCC(COC(=O)CCCCCCC/C=C\C/C=C\CCCCCC)OC(=O)CCCCCCCCC/C=C\C/C=C\CCCCC. The first-order chi connectivity index (χ1) is 33.5. The van der Waals surface area contributed by atoms with Crippen molar-refractivity contribution in [1.82, 2.24) is 0 Å². The Morgan fingerprint density at radius 2 is 0.529 bits per heavy atom. The molecule has 0 spiro atoms. The first-order valence-corrected chi connectivity index (χ1v) is 28.9. The summed E-state index contributed by atoms with van der Waals surface area (Å²) in [7, 11) is 0. The van der Waals surface area contributed by atoms with Crippen molar-refractivity contribution in [2.45, 2.75) is 290 Å². The zero-order chi connectivity index (χ0) is 49.3. The molecule has 0 aliphatic carbocycles. The lowest BCUT2D eigenvalue weighted by Gasteiger charge is -2.18. The second-order valence-electron chi connectivity index (χ2n) is 19.2. The lowest BCUT2D eigenvalue weighted by molar-refractivity contribution is -0.167. The predicted molar refractivity (Wildman–Crippen MR) is 293 cm³/mol. The van der Waals surface area contributed by atoms with Gasteiger partial charge in [0.2, 0.25) is 0 Å². The van der Waals surface area contributed by atoms with Crippen molar-refractivity contribution in [2.24, 2.45) is 0 Å². The van der Waals surface area contributed by atoms with Crippen LogP contribution in [0, 0.1) is 0 Å². The van der Waals surface area contributed by atoms with E-state index in [1.54, 1.807) is 0 Å². The number of hydrogen-bond acceptors (Lipinski definition) is 6. The predicted octanol–water partition coefficient (Wildman–Crippen LogP) is 19.4. The van der Waals surface area contributed by atoms with Crippen LogP contribution >= 0.6 is 0 Å². The molecular formula is C62H108O6. The summed E-state index contributed by atoms with van der Waals surface area (Å²) in [6.45, 7) is 6.57. The van der Waals surface area contributed by atoms with Gasteiger partial charge in [0.05, 0.1) is 0 Å². The number of esters is 3. The molecule has 6 heteroatoms. The molecule has 0 amide bonds. The summed E-state index contributed by atoms with van der Waals surface area (Å²) in [5.74, 6) is -0.908. The van der Waals surface area contributed by atoms with Gasteiger partial charge in [0.15, 0.2) is 6.10 Å². The lowest BCUT2D eigenvalue weighted by atomic mass is 10.1. The highest BCUT2D eigenvalue weighted by molar-refractivity contribution is 5.71. The number of carbonyl (C=O) groups excluding carboxylic acids is 3. The molecule has 0 aliphatic rings. The summed E-state index contributed by atoms with van der Waals surface area (Å²) >= 11 is 0. The summed E-state index contributed by atoms with van der Waals surface area (Å²) in [4.78, 5) is 38.2. The van der Waals surface area contributed by atoms with Gasteiger partial charge < -0.3 is 14.2 Å². The second kappa shape index (κ2) is 56.4. The third-order valence-corrected chi connectivity index (χ3v) is 12.4. The quantitative estimate of drug-likeness (QED) is 0.0262. The minimum absolute atomic E-state index is 0.0870. The van der Waals surface area contributed by atoms with Crippen molar-refractivity contribution in [3.8, 4) is 0 Å². The average molecular weight is 950 g/mol. The van der Waals surface area contributed by atoms with Crippen molar-refractivity contribution in [1.29, 1.82) is 0 Å². The average Bonchev–Trinajstić information content (AvgIpc) is 3.34. The molecule has 0 rings (SSSR count). The number of allylic oxidation sites excluding steroid dienone is 12. The maximum absolute atomic E-state index is 12.9. The Labute approximate surface area is 421 Å². The van der Waals surface area contributed by atoms with Crippen LogP contribution in [0.15, 0.2) is 72.9 Å². The van der Waals surface area contributed by atoms with Gasteiger partial charge in [-0.2, -0.15) is 0 Å². The van der Waals surface area contributed by atoms with Crippen molar-refractivity contribution in [3.63, 3.8) is 0 Å². The zero-order valence-corrected chi connectivity index (χ0v) is 44.9. The fourth-order valence-corrected chi connectivity index (χ4v) is 8.00. The third kappa shape index (κ3) is 53.8. The van der Waals surface area contributed by atoms with E-state index in [1.165, 1.54) is 141 Å². The van der Waals surface area contributed by atoms with Crippen LogP contribution in [0.2, 0.25) is 0 Å². The van der Waals surface area contributed by atoms with Crippen LogP contribution in [0.25, 0.3) is 0 Å². The number of carbonyl (C=O) groups is 3. The van der Waals surface area contributed by atoms with Gasteiger partial charge in [-0.25, -0.2) is 0 Å². The van der Waals surface area contributed by atoms with E-state index in [1.807, 2.05) is 0 Å². The number of unbranched alkanes of at least 4 members (excludes halogenated alkanes) is 29. The standard InChI is InChI=1S/C62H108O6/c1-4-7-10-13-16-19-22-25-28-31-34-37-40-43-46-49-52-55-61(64)67-58-59(57-66-60(63)54-51-48-45-42-39-36-33-30-27-24-21-18-15-12-9-6-3)68-62(65)56-53-50-47-44-41-38-35-32-29-26-23-20-17-14-11-8-5-2/h16-17,19-21,24-26,28-30,33,59H,4-15,18,22-23,27,31-32,34-58H2,1-3H3/b19-16-,20-17-,24-21-,28-25-,29-26-,33-30-.